The van der Waals surface area contributed by atoms with Gasteiger partial charge < -0.3 is 5.11 Å². The van der Waals surface area contributed by atoms with Crippen LogP contribution in [0.3, 0.4) is 0 Å². The maximum Gasteiger partial charge on any atom is 0.340 e. The summed E-state index contributed by atoms with van der Waals surface area (Å²) >= 11 is 1.34. The first kappa shape index (κ1) is 11.0. The van der Waals surface area contributed by atoms with E-state index in [0.717, 1.165) is 0 Å². The molecule has 0 aromatic carbocycles. The number of rotatable bonds is 3. The predicted octanol–water partition coefficient (Wildman–Crippen LogP) is 1.77. The third-order valence-electron chi connectivity index (χ3n) is 1.83. The van der Waals surface area contributed by atoms with Crippen molar-refractivity contribution in [3.8, 4) is 0 Å². The largest absolute Gasteiger partial charge is 0.478 e. The van der Waals surface area contributed by atoms with Gasteiger partial charge in [-0.3, -0.25) is 0 Å². The number of carbonyl (C=O) groups is 1. The Kier molecular flexibility index (Phi) is 3.46. The van der Waals surface area contributed by atoms with Crippen LogP contribution in [0, 0.1) is 6.92 Å². The average Bonchev–Trinajstić information content (AvgIpc) is 2.15. The standard InChI is InChI=1S/C9H12N2O2S/c1-4-6-10-5(2)7(9(12)13)8(11-6)14-3/h4H2,1-3H3,(H,12,13). The van der Waals surface area contributed by atoms with Gasteiger partial charge in [0.2, 0.25) is 0 Å². The van der Waals surface area contributed by atoms with Crippen molar-refractivity contribution in [3.63, 3.8) is 0 Å². The fourth-order valence-corrected chi connectivity index (χ4v) is 1.79. The van der Waals surface area contributed by atoms with E-state index in [2.05, 4.69) is 9.97 Å². The van der Waals surface area contributed by atoms with Crippen molar-refractivity contribution >= 4 is 17.7 Å². The molecule has 1 aromatic heterocycles. The lowest BCUT2D eigenvalue weighted by Gasteiger charge is -2.06. The molecule has 0 spiro atoms. The summed E-state index contributed by atoms with van der Waals surface area (Å²) in [4.78, 5) is 19.2. The Labute approximate surface area is 86.8 Å². The van der Waals surface area contributed by atoms with Crippen molar-refractivity contribution in [1.29, 1.82) is 0 Å². The van der Waals surface area contributed by atoms with Crippen molar-refractivity contribution < 1.29 is 9.90 Å². The van der Waals surface area contributed by atoms with Gasteiger partial charge in [-0.25, -0.2) is 14.8 Å². The highest BCUT2D eigenvalue weighted by atomic mass is 32.2. The van der Waals surface area contributed by atoms with Crippen LogP contribution < -0.4 is 0 Å². The topological polar surface area (TPSA) is 63.1 Å². The van der Waals surface area contributed by atoms with Gasteiger partial charge in [0.1, 0.15) is 16.4 Å². The van der Waals surface area contributed by atoms with Gasteiger partial charge in [-0.05, 0) is 13.2 Å². The lowest BCUT2D eigenvalue weighted by atomic mass is 10.2. The van der Waals surface area contributed by atoms with Gasteiger partial charge in [0.05, 0.1) is 5.69 Å². The Balaban J connectivity index is 3.34. The molecule has 1 heterocycles. The molecule has 0 atom stereocenters. The zero-order valence-electron chi connectivity index (χ0n) is 8.37. The fraction of sp³-hybridized carbons (Fsp3) is 0.444. The minimum Gasteiger partial charge on any atom is -0.478 e. The van der Waals surface area contributed by atoms with E-state index in [1.165, 1.54) is 11.8 Å². The van der Waals surface area contributed by atoms with E-state index in [4.69, 9.17) is 5.11 Å². The van der Waals surface area contributed by atoms with Crippen molar-refractivity contribution in [1.82, 2.24) is 9.97 Å². The highest BCUT2D eigenvalue weighted by Gasteiger charge is 2.16. The Bertz CT molecular complexity index is 366. The number of carboxylic acids is 1. The number of thioether (sulfide) groups is 1. The summed E-state index contributed by atoms with van der Waals surface area (Å²) in [6.07, 6.45) is 2.53. The van der Waals surface area contributed by atoms with Gasteiger partial charge in [-0.2, -0.15) is 0 Å². The van der Waals surface area contributed by atoms with Gasteiger partial charge in [0.25, 0.3) is 0 Å². The second-order valence-corrected chi connectivity index (χ2v) is 3.56. The number of hydrogen-bond donors (Lipinski definition) is 1. The van der Waals surface area contributed by atoms with Crippen LogP contribution in [0.25, 0.3) is 0 Å². The first-order chi connectivity index (χ1) is 6.60. The maximum atomic E-state index is 10.9. The third-order valence-corrected chi connectivity index (χ3v) is 2.51. The number of aryl methyl sites for hydroxylation is 2. The number of aromatic carboxylic acids is 1. The normalized spacial score (nSPS) is 10.2. The summed E-state index contributed by atoms with van der Waals surface area (Å²) in [7, 11) is 0. The van der Waals surface area contributed by atoms with Gasteiger partial charge in [-0.1, -0.05) is 6.92 Å². The zero-order valence-corrected chi connectivity index (χ0v) is 9.18. The quantitative estimate of drug-likeness (QED) is 0.611. The Morgan fingerprint density at radius 3 is 2.57 bits per heavy atom. The summed E-state index contributed by atoms with van der Waals surface area (Å²) in [5, 5.41) is 9.49. The van der Waals surface area contributed by atoms with E-state index in [9.17, 15) is 4.79 Å². The molecule has 0 amide bonds. The summed E-state index contributed by atoms with van der Waals surface area (Å²) in [5.41, 5.74) is 0.753. The highest BCUT2D eigenvalue weighted by molar-refractivity contribution is 7.98. The van der Waals surface area contributed by atoms with Gasteiger partial charge in [0.15, 0.2) is 0 Å². The Hall–Kier alpha value is -1.10. The van der Waals surface area contributed by atoms with E-state index in [1.807, 2.05) is 13.2 Å². The second-order valence-electron chi connectivity index (χ2n) is 2.77. The number of aromatic nitrogens is 2. The number of nitrogens with zero attached hydrogens (tertiary/aromatic N) is 2. The van der Waals surface area contributed by atoms with E-state index in [0.29, 0.717) is 23.0 Å². The predicted molar refractivity (Wildman–Crippen MR) is 54.9 cm³/mol. The van der Waals surface area contributed by atoms with Crippen LogP contribution in [-0.2, 0) is 6.42 Å². The lowest BCUT2D eigenvalue weighted by Crippen LogP contribution is -2.08. The van der Waals surface area contributed by atoms with Crippen molar-refractivity contribution in [2.45, 2.75) is 25.3 Å². The molecule has 14 heavy (non-hydrogen) atoms. The number of carboxylic acid groups (broad SMARTS) is 1. The molecular formula is C9H12N2O2S. The van der Waals surface area contributed by atoms with E-state index in [1.54, 1.807) is 6.92 Å². The SMILES string of the molecule is CCc1nc(C)c(C(=O)O)c(SC)n1. The Morgan fingerprint density at radius 2 is 2.14 bits per heavy atom. The lowest BCUT2D eigenvalue weighted by molar-refractivity contribution is 0.0690. The minimum atomic E-state index is -0.963. The summed E-state index contributed by atoms with van der Waals surface area (Å²) in [6.45, 7) is 3.64. The van der Waals surface area contributed by atoms with Gasteiger partial charge >= 0.3 is 5.97 Å². The smallest absolute Gasteiger partial charge is 0.340 e. The van der Waals surface area contributed by atoms with Crippen LogP contribution in [-0.4, -0.2) is 27.3 Å². The van der Waals surface area contributed by atoms with Crippen LogP contribution >= 0.6 is 11.8 Å². The molecule has 0 aliphatic carbocycles. The van der Waals surface area contributed by atoms with Crippen molar-refractivity contribution in [3.05, 3.63) is 17.1 Å². The molecule has 0 radical (unpaired) electrons. The van der Waals surface area contributed by atoms with E-state index in [-0.39, 0.29) is 5.56 Å². The fourth-order valence-electron chi connectivity index (χ4n) is 1.15. The monoisotopic (exact) mass is 212 g/mol. The van der Waals surface area contributed by atoms with E-state index < -0.39 is 5.97 Å². The summed E-state index contributed by atoms with van der Waals surface area (Å²) in [5.74, 6) is -0.272. The minimum absolute atomic E-state index is 0.217. The van der Waals surface area contributed by atoms with Crippen LogP contribution in [0.5, 0.6) is 0 Å². The summed E-state index contributed by atoms with van der Waals surface area (Å²) in [6, 6.07) is 0. The molecule has 0 unspecified atom stereocenters. The molecule has 1 rings (SSSR count). The highest BCUT2D eigenvalue weighted by Crippen LogP contribution is 2.20. The van der Waals surface area contributed by atoms with E-state index >= 15 is 0 Å². The maximum absolute atomic E-state index is 10.9. The first-order valence-electron chi connectivity index (χ1n) is 4.25. The van der Waals surface area contributed by atoms with Gasteiger partial charge in [-0.15, -0.1) is 11.8 Å². The number of hydrogen-bond acceptors (Lipinski definition) is 4. The van der Waals surface area contributed by atoms with Crippen LogP contribution in [0.1, 0.15) is 28.8 Å². The zero-order chi connectivity index (χ0) is 10.7. The van der Waals surface area contributed by atoms with Gasteiger partial charge in [0, 0.05) is 6.42 Å². The molecule has 1 aromatic rings. The third kappa shape index (κ3) is 2.04. The molecular weight excluding hydrogens is 200 g/mol. The molecule has 0 saturated heterocycles. The van der Waals surface area contributed by atoms with Crippen molar-refractivity contribution in [2.24, 2.45) is 0 Å². The molecule has 1 N–H and O–H groups in total. The summed E-state index contributed by atoms with van der Waals surface area (Å²) < 4.78 is 0. The molecule has 76 valence electrons. The average molecular weight is 212 g/mol. The molecule has 0 aliphatic heterocycles. The molecule has 4 nitrogen and oxygen atoms in total. The van der Waals surface area contributed by atoms with Crippen LogP contribution in [0.15, 0.2) is 5.03 Å². The first-order valence-corrected chi connectivity index (χ1v) is 5.47. The Morgan fingerprint density at radius 1 is 1.50 bits per heavy atom. The molecule has 0 fully saturated rings. The van der Waals surface area contributed by atoms with Crippen molar-refractivity contribution in [2.75, 3.05) is 6.26 Å². The molecule has 5 heteroatoms. The second kappa shape index (κ2) is 4.41. The molecule has 0 saturated carbocycles. The molecule has 0 aliphatic rings. The molecule has 0 bridgehead atoms. The van der Waals surface area contributed by atoms with Crippen LogP contribution in [0.4, 0.5) is 0 Å². The van der Waals surface area contributed by atoms with Crippen LogP contribution in [0.2, 0.25) is 0 Å².